The number of ether oxygens (including phenoxy) is 1. The summed E-state index contributed by atoms with van der Waals surface area (Å²) in [6.45, 7) is 6.98. The lowest BCUT2D eigenvalue weighted by atomic mass is 10.0. The van der Waals surface area contributed by atoms with E-state index in [1.165, 1.54) is 24.2 Å². The molecule has 3 atom stereocenters. The van der Waals surface area contributed by atoms with Crippen LogP contribution in [0.1, 0.15) is 34.9 Å². The number of phenols is 1. The van der Waals surface area contributed by atoms with Gasteiger partial charge in [0.1, 0.15) is 18.1 Å². The average molecular weight is 458 g/mol. The number of nitrogens with zero attached hydrogens (tertiary/aromatic N) is 1. The van der Waals surface area contributed by atoms with Crippen molar-refractivity contribution in [2.45, 2.75) is 52.6 Å². The predicted molar refractivity (Wildman–Crippen MR) is 111 cm³/mol. The molecule has 1 aromatic carbocycles. The lowest BCUT2D eigenvalue weighted by Crippen LogP contribution is -2.33. The number of aromatic nitrogens is 2. The molecular weight excluding hydrogens is 431 g/mol. The molecule has 5 N–H and O–H groups in total. The molecule has 11 nitrogen and oxygen atoms in total. The molecule has 1 aromatic heterocycles. The van der Waals surface area contributed by atoms with Crippen molar-refractivity contribution in [3.63, 3.8) is 0 Å². The second-order valence-electron chi connectivity index (χ2n) is 7.35. The Kier molecular flexibility index (Phi) is 7.98. The Morgan fingerprint density at radius 2 is 1.81 bits per heavy atom. The van der Waals surface area contributed by atoms with Crippen molar-refractivity contribution in [3.05, 3.63) is 61.4 Å². The summed E-state index contributed by atoms with van der Waals surface area (Å²) in [7, 11) is -4.67. The van der Waals surface area contributed by atoms with E-state index in [0.29, 0.717) is 11.3 Å². The van der Waals surface area contributed by atoms with Crippen LogP contribution in [0.2, 0.25) is 0 Å². The molecule has 31 heavy (non-hydrogen) atoms. The van der Waals surface area contributed by atoms with Crippen LogP contribution in [0.15, 0.2) is 27.9 Å². The standard InChI is InChI=1S/C10H15N2O8P.C9H12O/c1-5-3-12(10(15)11-9(5)14)8-2-6(13)7(20-8)4-19-21(16,17)18;1-6-4-5-9(10)8(3)7(6)2/h3,6-8,13H,2,4H2,1H3,(H,11,14,15)(H2,16,17,18);4-5,10H,1-3H3/t6-,7+,8+;/m0./s1. The molecule has 172 valence electrons. The first-order valence-electron chi connectivity index (χ1n) is 9.41. The minimum atomic E-state index is -4.67. The van der Waals surface area contributed by atoms with Gasteiger partial charge in [-0.2, -0.15) is 0 Å². The second-order valence-corrected chi connectivity index (χ2v) is 8.59. The molecule has 0 bridgehead atoms. The maximum Gasteiger partial charge on any atom is 0.469 e. The molecule has 1 aliphatic heterocycles. The van der Waals surface area contributed by atoms with Crippen LogP contribution in [0.5, 0.6) is 5.75 Å². The summed E-state index contributed by atoms with van der Waals surface area (Å²) >= 11 is 0. The van der Waals surface area contributed by atoms with Gasteiger partial charge in [0.25, 0.3) is 5.56 Å². The number of H-pyrrole nitrogens is 1. The van der Waals surface area contributed by atoms with Crippen molar-refractivity contribution in [1.29, 1.82) is 0 Å². The van der Waals surface area contributed by atoms with Gasteiger partial charge in [-0.1, -0.05) is 6.07 Å². The fourth-order valence-corrected chi connectivity index (χ4v) is 3.29. The van der Waals surface area contributed by atoms with Gasteiger partial charge in [0.15, 0.2) is 0 Å². The second kappa shape index (κ2) is 9.90. The summed E-state index contributed by atoms with van der Waals surface area (Å²) in [6.07, 6.45) is -1.57. The summed E-state index contributed by atoms with van der Waals surface area (Å²) < 4.78 is 21.4. The maximum atomic E-state index is 11.7. The van der Waals surface area contributed by atoms with Crippen molar-refractivity contribution in [3.8, 4) is 5.75 Å². The highest BCUT2D eigenvalue weighted by molar-refractivity contribution is 7.46. The number of aliphatic hydroxyl groups is 1. The summed E-state index contributed by atoms with van der Waals surface area (Å²) in [5, 5.41) is 19.0. The van der Waals surface area contributed by atoms with E-state index in [1.807, 2.05) is 26.8 Å². The summed E-state index contributed by atoms with van der Waals surface area (Å²) in [4.78, 5) is 42.3. The van der Waals surface area contributed by atoms with Crippen LogP contribution in [0, 0.1) is 27.7 Å². The van der Waals surface area contributed by atoms with Crippen molar-refractivity contribution in [2.75, 3.05) is 6.61 Å². The molecule has 3 rings (SSSR count). The van der Waals surface area contributed by atoms with Crippen LogP contribution in [0.3, 0.4) is 0 Å². The average Bonchev–Trinajstić information content (AvgIpc) is 3.05. The largest absolute Gasteiger partial charge is 0.508 e. The molecule has 0 spiro atoms. The lowest BCUT2D eigenvalue weighted by molar-refractivity contribution is -0.0451. The SMILES string of the molecule is Cc1ccc(O)c(C)c1C.Cc1cn([C@H]2C[C@H](O)[C@@H](COP(=O)(O)O)O2)c(=O)[nH]c1=O. The summed E-state index contributed by atoms with van der Waals surface area (Å²) in [5.74, 6) is 0.392. The third kappa shape index (κ3) is 6.60. The first kappa shape index (κ1) is 25.0. The highest BCUT2D eigenvalue weighted by Gasteiger charge is 2.37. The number of hydrogen-bond donors (Lipinski definition) is 5. The van der Waals surface area contributed by atoms with Gasteiger partial charge in [-0.3, -0.25) is 18.9 Å². The fraction of sp³-hybridized carbons (Fsp3) is 0.474. The quantitative estimate of drug-likeness (QED) is 0.418. The van der Waals surface area contributed by atoms with E-state index in [4.69, 9.17) is 14.5 Å². The number of benzene rings is 1. The first-order chi connectivity index (χ1) is 14.3. The van der Waals surface area contributed by atoms with E-state index in [-0.39, 0.29) is 6.42 Å². The van der Waals surface area contributed by atoms with Crippen molar-refractivity contribution in [2.24, 2.45) is 0 Å². The number of rotatable bonds is 4. The van der Waals surface area contributed by atoms with Gasteiger partial charge < -0.3 is 24.7 Å². The number of phosphoric acid groups is 1. The number of aliphatic hydroxyl groups excluding tert-OH is 1. The molecule has 1 saturated heterocycles. The zero-order valence-electron chi connectivity index (χ0n) is 17.6. The monoisotopic (exact) mass is 458 g/mol. The van der Waals surface area contributed by atoms with E-state index < -0.39 is 44.1 Å². The van der Waals surface area contributed by atoms with Crippen molar-refractivity contribution < 1.29 is 33.8 Å². The topological polar surface area (TPSA) is 171 Å². The maximum absolute atomic E-state index is 11.7. The summed E-state index contributed by atoms with van der Waals surface area (Å²) in [5.41, 5.74) is 2.48. The third-order valence-corrected chi connectivity index (χ3v) is 5.58. The van der Waals surface area contributed by atoms with Crippen LogP contribution in [0.4, 0.5) is 0 Å². The molecule has 0 aliphatic carbocycles. The van der Waals surface area contributed by atoms with Crippen LogP contribution < -0.4 is 11.2 Å². The molecule has 2 heterocycles. The van der Waals surface area contributed by atoms with E-state index >= 15 is 0 Å². The Hall–Kier alpha value is -2.27. The minimum absolute atomic E-state index is 0.0283. The Morgan fingerprint density at radius 1 is 1.16 bits per heavy atom. The number of aromatic amines is 1. The highest BCUT2D eigenvalue weighted by atomic mass is 31.2. The van der Waals surface area contributed by atoms with Gasteiger partial charge in [0.2, 0.25) is 0 Å². The first-order valence-corrected chi connectivity index (χ1v) is 10.9. The van der Waals surface area contributed by atoms with Crippen molar-refractivity contribution in [1.82, 2.24) is 9.55 Å². The predicted octanol–water partition coefficient (Wildman–Crippen LogP) is 0.920. The van der Waals surface area contributed by atoms with E-state index in [0.717, 1.165) is 10.1 Å². The summed E-state index contributed by atoms with van der Waals surface area (Å²) in [6, 6.07) is 3.66. The zero-order valence-corrected chi connectivity index (χ0v) is 18.5. The highest BCUT2D eigenvalue weighted by Crippen LogP contribution is 2.38. The lowest BCUT2D eigenvalue weighted by Gasteiger charge is -2.16. The number of aromatic hydroxyl groups is 1. The van der Waals surface area contributed by atoms with Gasteiger partial charge in [0, 0.05) is 18.2 Å². The molecule has 2 aromatic rings. The van der Waals surface area contributed by atoms with Gasteiger partial charge in [-0.05, 0) is 50.5 Å². The van der Waals surface area contributed by atoms with Gasteiger partial charge in [0.05, 0.1) is 12.7 Å². The normalized spacial score (nSPS) is 20.9. The number of aryl methyl sites for hydroxylation is 2. The molecule has 0 saturated carbocycles. The zero-order chi connectivity index (χ0) is 23.5. The van der Waals surface area contributed by atoms with Gasteiger partial charge >= 0.3 is 13.5 Å². The van der Waals surface area contributed by atoms with Crippen LogP contribution in [-0.4, -0.2) is 48.4 Å². The Bertz CT molecular complexity index is 1060. The molecule has 1 aliphatic rings. The third-order valence-electron chi connectivity index (χ3n) is 5.10. The Labute approximate surface area is 178 Å². The van der Waals surface area contributed by atoms with Crippen LogP contribution >= 0.6 is 7.82 Å². The number of hydrogen-bond acceptors (Lipinski definition) is 7. The van der Waals surface area contributed by atoms with E-state index in [9.17, 15) is 24.4 Å². The fourth-order valence-electron chi connectivity index (χ4n) is 2.95. The van der Waals surface area contributed by atoms with E-state index in [2.05, 4.69) is 9.51 Å². The Balaban J connectivity index is 0.000000285. The van der Waals surface area contributed by atoms with Gasteiger partial charge in [-0.15, -0.1) is 0 Å². The van der Waals surface area contributed by atoms with Crippen LogP contribution in [-0.2, 0) is 13.8 Å². The molecule has 1 fully saturated rings. The van der Waals surface area contributed by atoms with Crippen LogP contribution in [0.25, 0.3) is 0 Å². The molecule has 0 amide bonds. The molecule has 12 heteroatoms. The number of nitrogens with one attached hydrogen (secondary N) is 1. The number of phosphoric ester groups is 1. The molecular formula is C19H27N2O9P. The minimum Gasteiger partial charge on any atom is -0.508 e. The number of phenolic OH excluding ortho intramolecular Hbond substituents is 1. The molecule has 0 radical (unpaired) electrons. The molecule has 0 unspecified atom stereocenters. The van der Waals surface area contributed by atoms with Crippen molar-refractivity contribution >= 4 is 7.82 Å². The van der Waals surface area contributed by atoms with E-state index in [1.54, 1.807) is 6.07 Å². The smallest absolute Gasteiger partial charge is 0.469 e. The Morgan fingerprint density at radius 3 is 2.39 bits per heavy atom. The van der Waals surface area contributed by atoms with Gasteiger partial charge in [-0.25, -0.2) is 9.36 Å².